The molecule has 150 valence electrons. The monoisotopic (exact) mass is 372 g/mol. The van der Waals surface area contributed by atoms with Crippen molar-refractivity contribution in [1.82, 2.24) is 0 Å². The maximum atomic E-state index is 11.3. The third kappa shape index (κ3) is 4.71. The van der Waals surface area contributed by atoms with Gasteiger partial charge in [-0.2, -0.15) is 0 Å². The van der Waals surface area contributed by atoms with E-state index in [0.29, 0.717) is 19.3 Å². The third-order valence-corrected chi connectivity index (χ3v) is 5.51. The van der Waals surface area contributed by atoms with E-state index in [4.69, 9.17) is 9.47 Å². The van der Waals surface area contributed by atoms with Crippen molar-refractivity contribution in [2.24, 2.45) is 5.41 Å². The number of ketones is 1. The van der Waals surface area contributed by atoms with Crippen LogP contribution in [0.1, 0.15) is 53.4 Å². The Kier molecular flexibility index (Phi) is 6.98. The van der Waals surface area contributed by atoms with Gasteiger partial charge in [0.25, 0.3) is 0 Å². The molecule has 1 aliphatic carbocycles. The Labute approximate surface area is 154 Å². The Balaban J connectivity index is 2.08. The lowest BCUT2D eigenvalue weighted by atomic mass is 9.70. The summed E-state index contributed by atoms with van der Waals surface area (Å²) in [6.45, 7) is 7.36. The zero-order valence-electron chi connectivity index (χ0n) is 16.0. The van der Waals surface area contributed by atoms with E-state index >= 15 is 0 Å². The molecular weight excluding hydrogens is 340 g/mol. The lowest BCUT2D eigenvalue weighted by molar-refractivity contribution is -0.313. The fourth-order valence-corrected chi connectivity index (χ4v) is 4.13. The van der Waals surface area contributed by atoms with Gasteiger partial charge >= 0.3 is 0 Å². The number of carbonyl (C=O) groups is 1. The molecule has 0 aromatic heterocycles. The number of carbonyl (C=O) groups excluding carboxylic acids is 1. The summed E-state index contributed by atoms with van der Waals surface area (Å²) in [6, 6.07) is 0. The Morgan fingerprint density at radius 1 is 1.23 bits per heavy atom. The molecule has 2 aliphatic rings. The molecule has 0 spiro atoms. The second-order valence-corrected chi connectivity index (χ2v) is 8.21. The molecule has 1 fully saturated rings. The molecule has 26 heavy (non-hydrogen) atoms. The van der Waals surface area contributed by atoms with Crippen LogP contribution < -0.4 is 0 Å². The van der Waals surface area contributed by atoms with E-state index in [2.05, 4.69) is 13.8 Å². The van der Waals surface area contributed by atoms with Crippen molar-refractivity contribution in [1.29, 1.82) is 0 Å². The molecule has 3 unspecified atom stereocenters. The van der Waals surface area contributed by atoms with Crippen molar-refractivity contribution in [2.45, 2.75) is 90.2 Å². The summed E-state index contributed by atoms with van der Waals surface area (Å²) in [5.41, 5.74) is 2.27. The highest BCUT2D eigenvalue weighted by Gasteiger charge is 2.45. The number of ether oxygens (including phenoxy) is 2. The average molecular weight is 372 g/mol. The first-order valence-corrected chi connectivity index (χ1v) is 9.21. The van der Waals surface area contributed by atoms with Crippen LogP contribution in [0.5, 0.6) is 0 Å². The van der Waals surface area contributed by atoms with Gasteiger partial charge in [-0.1, -0.05) is 25.0 Å². The van der Waals surface area contributed by atoms with E-state index < -0.39 is 37.3 Å². The predicted octanol–water partition coefficient (Wildman–Crippen LogP) is 0.677. The minimum Gasteiger partial charge on any atom is -0.394 e. The Morgan fingerprint density at radius 2 is 1.88 bits per heavy atom. The highest BCUT2D eigenvalue weighted by Crippen LogP contribution is 2.44. The highest BCUT2D eigenvalue weighted by atomic mass is 16.7. The maximum absolute atomic E-state index is 11.3. The van der Waals surface area contributed by atoms with Gasteiger partial charge in [-0.3, -0.25) is 0 Å². The molecule has 0 amide bonds. The third-order valence-electron chi connectivity index (χ3n) is 5.51. The van der Waals surface area contributed by atoms with Gasteiger partial charge in [0.05, 0.1) is 12.7 Å². The number of aliphatic hydroxyl groups is 4. The van der Waals surface area contributed by atoms with Gasteiger partial charge < -0.3 is 34.7 Å². The van der Waals surface area contributed by atoms with Crippen LogP contribution in [-0.2, 0) is 14.3 Å². The SMILES string of the molecule is CC(=O)CCC1=C(C)C[C@@H](O[C@@H]2OC(CO)[C@@H](O)C(O)C2O)CC1(C)C. The molecule has 0 bridgehead atoms. The summed E-state index contributed by atoms with van der Waals surface area (Å²) < 4.78 is 11.4. The first-order valence-electron chi connectivity index (χ1n) is 9.21. The topological polar surface area (TPSA) is 116 Å². The van der Waals surface area contributed by atoms with E-state index in [1.165, 1.54) is 5.57 Å². The molecule has 4 N–H and O–H groups in total. The fraction of sp³-hybridized carbons (Fsp3) is 0.842. The van der Waals surface area contributed by atoms with Gasteiger partial charge in [0.15, 0.2) is 6.29 Å². The zero-order valence-corrected chi connectivity index (χ0v) is 16.0. The van der Waals surface area contributed by atoms with Crippen LogP contribution in [-0.4, -0.2) is 69.6 Å². The van der Waals surface area contributed by atoms with Gasteiger partial charge in [0, 0.05) is 6.42 Å². The van der Waals surface area contributed by atoms with Crippen molar-refractivity contribution < 1.29 is 34.7 Å². The van der Waals surface area contributed by atoms with E-state index in [1.54, 1.807) is 6.92 Å². The molecule has 0 aromatic carbocycles. The second kappa shape index (κ2) is 8.46. The largest absolute Gasteiger partial charge is 0.394 e. The normalized spacial score (nSPS) is 37.7. The number of hydrogen-bond donors (Lipinski definition) is 4. The van der Waals surface area contributed by atoms with E-state index in [9.17, 15) is 25.2 Å². The van der Waals surface area contributed by atoms with Gasteiger partial charge in [-0.25, -0.2) is 0 Å². The Hall–Kier alpha value is -0.830. The number of Topliss-reactive ketones (excluding diaryl/α,β-unsaturated/α-hetero) is 1. The standard InChI is InChI=1S/C19H32O7/c1-10-7-12(8-19(3,4)13(10)6-5-11(2)21)25-18-17(24)16(23)15(22)14(9-20)26-18/h12,14-18,20,22-24H,5-9H2,1-4H3/t12-,14?,15-,16?,17?,18-/m1/s1. The van der Waals surface area contributed by atoms with E-state index in [-0.39, 0.29) is 17.3 Å². The lowest BCUT2D eigenvalue weighted by Gasteiger charge is -2.44. The molecule has 0 aromatic rings. The van der Waals surface area contributed by atoms with Crippen LogP contribution in [0.3, 0.4) is 0 Å². The number of allylic oxidation sites excluding steroid dienone is 1. The van der Waals surface area contributed by atoms with Crippen molar-refractivity contribution in [2.75, 3.05) is 6.61 Å². The Bertz CT molecular complexity index is 540. The van der Waals surface area contributed by atoms with Crippen LogP contribution in [0.25, 0.3) is 0 Å². The average Bonchev–Trinajstić information content (AvgIpc) is 2.53. The van der Waals surface area contributed by atoms with Crippen LogP contribution in [0.15, 0.2) is 11.1 Å². The van der Waals surface area contributed by atoms with Crippen LogP contribution in [0.2, 0.25) is 0 Å². The second-order valence-electron chi connectivity index (χ2n) is 8.21. The van der Waals surface area contributed by atoms with E-state index in [1.807, 2.05) is 6.92 Å². The van der Waals surface area contributed by atoms with Gasteiger partial charge in [0.1, 0.15) is 30.2 Å². The van der Waals surface area contributed by atoms with Gasteiger partial charge in [-0.05, 0) is 38.5 Å². The minimum absolute atomic E-state index is 0.156. The first kappa shape index (κ1) is 21.5. The molecular formula is C19H32O7. The number of aliphatic hydroxyl groups excluding tert-OH is 4. The quantitative estimate of drug-likeness (QED) is 0.507. The summed E-state index contributed by atoms with van der Waals surface area (Å²) in [6.07, 6.45) is -3.95. The van der Waals surface area contributed by atoms with E-state index in [0.717, 1.165) is 12.0 Å². The summed E-state index contributed by atoms with van der Waals surface area (Å²) in [5.74, 6) is 0.167. The molecule has 7 nitrogen and oxygen atoms in total. The van der Waals surface area contributed by atoms with Crippen LogP contribution >= 0.6 is 0 Å². The molecule has 1 aliphatic heterocycles. The van der Waals surface area contributed by atoms with Crippen LogP contribution in [0.4, 0.5) is 0 Å². The van der Waals surface area contributed by atoms with Crippen molar-refractivity contribution in [3.8, 4) is 0 Å². The van der Waals surface area contributed by atoms with Crippen molar-refractivity contribution in [3.05, 3.63) is 11.1 Å². The predicted molar refractivity (Wildman–Crippen MR) is 94.3 cm³/mol. The smallest absolute Gasteiger partial charge is 0.186 e. The summed E-state index contributed by atoms with van der Waals surface area (Å²) in [5, 5.41) is 39.2. The molecule has 0 radical (unpaired) electrons. The molecule has 1 heterocycles. The summed E-state index contributed by atoms with van der Waals surface area (Å²) in [7, 11) is 0. The molecule has 0 saturated carbocycles. The van der Waals surface area contributed by atoms with Crippen LogP contribution in [0, 0.1) is 5.41 Å². The minimum atomic E-state index is -1.44. The van der Waals surface area contributed by atoms with Crippen molar-refractivity contribution in [3.63, 3.8) is 0 Å². The van der Waals surface area contributed by atoms with Gasteiger partial charge in [-0.15, -0.1) is 0 Å². The first-order chi connectivity index (χ1) is 12.1. The lowest BCUT2D eigenvalue weighted by Crippen LogP contribution is -2.59. The number of hydrogen-bond acceptors (Lipinski definition) is 7. The molecule has 6 atom stereocenters. The molecule has 7 heteroatoms. The van der Waals surface area contributed by atoms with Gasteiger partial charge in [0.2, 0.25) is 0 Å². The van der Waals surface area contributed by atoms with Crippen molar-refractivity contribution >= 4 is 5.78 Å². The maximum Gasteiger partial charge on any atom is 0.186 e. The highest BCUT2D eigenvalue weighted by molar-refractivity contribution is 5.75. The fourth-order valence-electron chi connectivity index (χ4n) is 4.13. The summed E-state index contributed by atoms with van der Waals surface area (Å²) in [4.78, 5) is 11.3. The molecule has 1 saturated heterocycles. The Morgan fingerprint density at radius 3 is 2.42 bits per heavy atom. The zero-order chi connectivity index (χ0) is 19.6. The summed E-state index contributed by atoms with van der Waals surface area (Å²) >= 11 is 0. The number of rotatable bonds is 6. The molecule has 2 rings (SSSR count).